The van der Waals surface area contributed by atoms with Crippen LogP contribution in [0.2, 0.25) is 5.02 Å². The van der Waals surface area contributed by atoms with Crippen LogP contribution in [0.15, 0.2) is 69.7 Å². The van der Waals surface area contributed by atoms with E-state index < -0.39 is 5.82 Å². The van der Waals surface area contributed by atoms with Crippen molar-refractivity contribution in [3.05, 3.63) is 94.6 Å². The lowest BCUT2D eigenvalue weighted by atomic mass is 9.97. The number of rotatable bonds is 5. The van der Waals surface area contributed by atoms with Crippen LogP contribution in [-0.2, 0) is 6.42 Å². The van der Waals surface area contributed by atoms with Crippen LogP contribution in [-0.4, -0.2) is 34.0 Å². The van der Waals surface area contributed by atoms with Crippen molar-refractivity contribution in [3.63, 3.8) is 0 Å². The third-order valence-electron chi connectivity index (χ3n) is 5.77. The number of likely N-dealkylation sites (tertiary alicyclic amines) is 1. The highest BCUT2D eigenvalue weighted by atomic mass is 35.5. The SMILES string of the molecule is O=C(c1cc(-c2ccccc2F)no1)N1CCC[C@H](c2ncc(Cc3cccc(Cl)c3)o2)C1. The molecule has 0 unspecified atom stereocenters. The molecule has 1 aliphatic heterocycles. The van der Waals surface area contributed by atoms with Gasteiger partial charge in [-0.1, -0.05) is 41.0 Å². The van der Waals surface area contributed by atoms with Crippen molar-refractivity contribution >= 4 is 17.5 Å². The number of oxazole rings is 1. The molecule has 1 saturated heterocycles. The predicted molar refractivity (Wildman–Crippen MR) is 121 cm³/mol. The van der Waals surface area contributed by atoms with E-state index in [1.165, 1.54) is 12.1 Å². The highest BCUT2D eigenvalue weighted by Gasteiger charge is 2.30. The second-order valence-electron chi connectivity index (χ2n) is 8.12. The summed E-state index contributed by atoms with van der Waals surface area (Å²) in [5.41, 5.74) is 1.63. The summed E-state index contributed by atoms with van der Waals surface area (Å²) in [5, 5.41) is 4.57. The van der Waals surface area contributed by atoms with Crippen LogP contribution in [0, 0.1) is 5.82 Å². The van der Waals surface area contributed by atoms with Gasteiger partial charge in [0.1, 0.15) is 17.3 Å². The molecular formula is C25H21ClFN3O3. The quantitative estimate of drug-likeness (QED) is 0.376. The van der Waals surface area contributed by atoms with Gasteiger partial charge >= 0.3 is 0 Å². The molecule has 33 heavy (non-hydrogen) atoms. The smallest absolute Gasteiger partial charge is 0.292 e. The number of aromatic nitrogens is 2. The lowest BCUT2D eigenvalue weighted by molar-refractivity contribution is 0.0656. The first-order valence-electron chi connectivity index (χ1n) is 10.8. The van der Waals surface area contributed by atoms with Crippen molar-refractivity contribution in [2.45, 2.75) is 25.2 Å². The zero-order valence-corrected chi connectivity index (χ0v) is 18.5. The fourth-order valence-corrected chi connectivity index (χ4v) is 4.34. The summed E-state index contributed by atoms with van der Waals surface area (Å²) in [7, 11) is 0. The molecule has 0 saturated carbocycles. The fourth-order valence-electron chi connectivity index (χ4n) is 4.13. The fraction of sp³-hybridized carbons (Fsp3) is 0.240. The van der Waals surface area contributed by atoms with E-state index >= 15 is 0 Å². The summed E-state index contributed by atoms with van der Waals surface area (Å²) in [6.07, 6.45) is 4.02. The van der Waals surface area contributed by atoms with Gasteiger partial charge in [-0.25, -0.2) is 9.37 Å². The molecule has 1 atom stereocenters. The highest BCUT2D eigenvalue weighted by Crippen LogP contribution is 2.29. The molecule has 2 aromatic carbocycles. The van der Waals surface area contributed by atoms with E-state index in [4.69, 9.17) is 20.5 Å². The van der Waals surface area contributed by atoms with Crippen LogP contribution in [0.5, 0.6) is 0 Å². The molecule has 0 aliphatic carbocycles. The summed E-state index contributed by atoms with van der Waals surface area (Å²) in [4.78, 5) is 19.2. The molecule has 4 aromatic rings. The number of amides is 1. The van der Waals surface area contributed by atoms with Crippen LogP contribution < -0.4 is 0 Å². The van der Waals surface area contributed by atoms with Crippen LogP contribution in [0.4, 0.5) is 4.39 Å². The Labute approximate surface area is 195 Å². The molecule has 3 heterocycles. The number of piperidine rings is 1. The Kier molecular flexibility index (Phi) is 5.96. The molecule has 2 aromatic heterocycles. The highest BCUT2D eigenvalue weighted by molar-refractivity contribution is 6.30. The molecule has 1 fully saturated rings. The minimum Gasteiger partial charge on any atom is -0.445 e. The van der Waals surface area contributed by atoms with Crippen LogP contribution >= 0.6 is 11.6 Å². The van der Waals surface area contributed by atoms with Crippen molar-refractivity contribution in [1.82, 2.24) is 15.0 Å². The molecule has 0 bridgehead atoms. The molecule has 0 spiro atoms. The monoisotopic (exact) mass is 465 g/mol. The average molecular weight is 466 g/mol. The Bertz CT molecular complexity index is 1290. The summed E-state index contributed by atoms with van der Waals surface area (Å²) in [5.74, 6) is 0.753. The van der Waals surface area contributed by atoms with Crippen molar-refractivity contribution in [2.24, 2.45) is 0 Å². The Morgan fingerprint density at radius 1 is 1.18 bits per heavy atom. The van der Waals surface area contributed by atoms with Crippen molar-refractivity contribution in [1.29, 1.82) is 0 Å². The maximum absolute atomic E-state index is 14.0. The Balaban J connectivity index is 1.27. The molecular weight excluding hydrogens is 445 g/mol. The van der Waals surface area contributed by atoms with Crippen molar-refractivity contribution in [2.75, 3.05) is 13.1 Å². The Hall–Kier alpha value is -3.45. The molecule has 1 amide bonds. The molecule has 0 radical (unpaired) electrons. The first-order chi connectivity index (χ1) is 16.1. The van der Waals surface area contributed by atoms with Crippen molar-refractivity contribution in [3.8, 4) is 11.3 Å². The molecule has 5 rings (SSSR count). The van der Waals surface area contributed by atoms with E-state index in [0.717, 1.165) is 24.2 Å². The van der Waals surface area contributed by atoms with Gasteiger partial charge in [-0.2, -0.15) is 0 Å². The molecule has 168 valence electrons. The summed E-state index contributed by atoms with van der Waals surface area (Å²) in [6.45, 7) is 1.06. The molecule has 0 N–H and O–H groups in total. The van der Waals surface area contributed by atoms with E-state index in [0.29, 0.717) is 41.7 Å². The van der Waals surface area contributed by atoms with Crippen LogP contribution in [0.25, 0.3) is 11.3 Å². The van der Waals surface area contributed by atoms with E-state index in [1.807, 2.05) is 24.3 Å². The van der Waals surface area contributed by atoms with E-state index in [2.05, 4.69) is 10.1 Å². The van der Waals surface area contributed by atoms with Crippen molar-refractivity contribution < 1.29 is 18.1 Å². The van der Waals surface area contributed by atoms with E-state index in [-0.39, 0.29) is 17.6 Å². The van der Waals surface area contributed by atoms with Gasteiger partial charge in [0, 0.05) is 36.2 Å². The number of halogens is 2. The van der Waals surface area contributed by atoms with Gasteiger partial charge in [0.15, 0.2) is 5.89 Å². The zero-order valence-electron chi connectivity index (χ0n) is 17.7. The van der Waals surface area contributed by atoms with Gasteiger partial charge in [-0.05, 0) is 42.7 Å². The van der Waals surface area contributed by atoms with Crippen LogP contribution in [0.1, 0.15) is 46.5 Å². The number of nitrogens with zero attached hydrogens (tertiary/aromatic N) is 3. The maximum Gasteiger partial charge on any atom is 0.292 e. The number of hydrogen-bond acceptors (Lipinski definition) is 5. The normalized spacial score (nSPS) is 16.2. The third-order valence-corrected chi connectivity index (χ3v) is 6.00. The molecule has 6 nitrogen and oxygen atoms in total. The first-order valence-corrected chi connectivity index (χ1v) is 11.1. The summed E-state index contributed by atoms with van der Waals surface area (Å²) < 4.78 is 25.3. The predicted octanol–water partition coefficient (Wildman–Crippen LogP) is 5.73. The first kappa shape index (κ1) is 21.4. The summed E-state index contributed by atoms with van der Waals surface area (Å²) >= 11 is 6.06. The van der Waals surface area contributed by atoms with Gasteiger partial charge in [0.25, 0.3) is 5.91 Å². The second-order valence-corrected chi connectivity index (χ2v) is 8.55. The van der Waals surface area contributed by atoms with Gasteiger partial charge in [0.2, 0.25) is 5.76 Å². The topological polar surface area (TPSA) is 72.4 Å². The number of carbonyl (C=O) groups is 1. The lowest BCUT2D eigenvalue weighted by Crippen LogP contribution is -2.39. The minimum absolute atomic E-state index is 0.00947. The van der Waals surface area contributed by atoms with E-state index in [9.17, 15) is 9.18 Å². The van der Waals surface area contributed by atoms with Gasteiger partial charge in [-0.3, -0.25) is 4.79 Å². The van der Waals surface area contributed by atoms with Gasteiger partial charge in [-0.15, -0.1) is 0 Å². The average Bonchev–Trinajstić information content (AvgIpc) is 3.49. The third kappa shape index (κ3) is 4.68. The lowest BCUT2D eigenvalue weighted by Gasteiger charge is -2.30. The number of hydrogen-bond donors (Lipinski definition) is 0. The van der Waals surface area contributed by atoms with E-state index in [1.54, 1.807) is 29.3 Å². The molecule has 1 aliphatic rings. The maximum atomic E-state index is 14.0. The summed E-state index contributed by atoms with van der Waals surface area (Å²) in [6, 6.07) is 15.4. The minimum atomic E-state index is -0.416. The second kappa shape index (κ2) is 9.19. The number of carbonyl (C=O) groups excluding carboxylic acids is 1. The standard InChI is InChI=1S/C25H21ClFN3O3/c26-18-7-3-5-16(11-18)12-19-14-28-24(32-19)17-6-4-10-30(15-17)25(31)23-13-22(29-33-23)20-8-1-2-9-21(20)27/h1-3,5,7-9,11,13-14,17H,4,6,10,12,15H2/t17-/m0/s1. The van der Waals surface area contributed by atoms with Crippen LogP contribution in [0.3, 0.4) is 0 Å². The number of benzene rings is 2. The van der Waals surface area contributed by atoms with Gasteiger partial charge in [0.05, 0.1) is 12.1 Å². The largest absolute Gasteiger partial charge is 0.445 e. The zero-order chi connectivity index (χ0) is 22.8. The molecule has 8 heteroatoms. The van der Waals surface area contributed by atoms with Gasteiger partial charge < -0.3 is 13.8 Å². The Morgan fingerprint density at radius 2 is 2.06 bits per heavy atom. The Morgan fingerprint density at radius 3 is 2.91 bits per heavy atom.